The maximum Gasteiger partial charge on any atom is 0.145 e. The van der Waals surface area contributed by atoms with Crippen molar-refractivity contribution < 1.29 is 15.0 Å². The molecule has 0 aliphatic carbocycles. The smallest absolute Gasteiger partial charge is 0.145 e. The molecule has 240 valence electrons. The highest BCUT2D eigenvalue weighted by atomic mass is 16.3. The predicted octanol–water partition coefficient (Wildman–Crippen LogP) is 8.31. The number of rotatable bonds is 24. The number of hydrogen-bond donors (Lipinski definition) is 4. The van der Waals surface area contributed by atoms with E-state index in [-0.39, 0.29) is 24.3 Å². The normalized spacial score (nSPS) is 27.3. The number of aliphatic hydroxyl groups is 2. The molecule has 0 radical (unpaired) electrons. The van der Waals surface area contributed by atoms with Crippen LogP contribution in [0.25, 0.3) is 0 Å². The number of aldehydes is 1. The molecule has 2 aliphatic heterocycles. The molecule has 5 heteroatoms. The van der Waals surface area contributed by atoms with Crippen LogP contribution in [0.15, 0.2) is 11.6 Å². The predicted molar refractivity (Wildman–Crippen MR) is 174 cm³/mol. The summed E-state index contributed by atoms with van der Waals surface area (Å²) in [6.07, 6.45) is 34.0. The lowest BCUT2D eigenvalue weighted by molar-refractivity contribution is -0.105. The molecule has 0 amide bonds. The van der Waals surface area contributed by atoms with E-state index in [1.807, 2.05) is 0 Å². The summed E-state index contributed by atoms with van der Waals surface area (Å²) >= 11 is 0. The molecule has 0 unspecified atom stereocenters. The molecule has 0 aromatic rings. The summed E-state index contributed by atoms with van der Waals surface area (Å²) in [6.45, 7) is 4.20. The molecule has 2 fully saturated rings. The Balaban J connectivity index is 1.30. The zero-order chi connectivity index (χ0) is 29.5. The first-order chi connectivity index (χ1) is 20.0. The summed E-state index contributed by atoms with van der Waals surface area (Å²) in [7, 11) is 0. The Hall–Kier alpha value is -0.750. The first-order valence-electron chi connectivity index (χ1n) is 18.0. The van der Waals surface area contributed by atoms with Gasteiger partial charge < -0.3 is 20.8 Å². The van der Waals surface area contributed by atoms with Crippen LogP contribution in [-0.4, -0.2) is 52.9 Å². The summed E-state index contributed by atoms with van der Waals surface area (Å²) in [5, 5.41) is 26.8. The number of unbranched alkanes of at least 4 members (excludes halogenated alkanes) is 16. The largest absolute Gasteiger partial charge is 0.392 e. The summed E-state index contributed by atoms with van der Waals surface area (Å²) in [4.78, 5) is 11.5. The van der Waals surface area contributed by atoms with Crippen LogP contribution in [0.4, 0.5) is 0 Å². The second-order valence-electron chi connectivity index (χ2n) is 13.6. The van der Waals surface area contributed by atoms with Crippen LogP contribution in [0.1, 0.15) is 174 Å². The monoisotopic (exact) mass is 577 g/mol. The highest BCUT2D eigenvalue weighted by molar-refractivity contribution is 5.72. The molecule has 2 saturated heterocycles. The number of hydrogen-bond acceptors (Lipinski definition) is 5. The van der Waals surface area contributed by atoms with E-state index in [1.54, 1.807) is 0 Å². The van der Waals surface area contributed by atoms with Crippen LogP contribution >= 0.6 is 0 Å². The van der Waals surface area contributed by atoms with Crippen molar-refractivity contribution in [3.05, 3.63) is 11.6 Å². The van der Waals surface area contributed by atoms with Crippen molar-refractivity contribution in [2.45, 2.75) is 211 Å². The van der Waals surface area contributed by atoms with Gasteiger partial charge in [0, 0.05) is 24.2 Å². The zero-order valence-corrected chi connectivity index (χ0v) is 27.1. The van der Waals surface area contributed by atoms with Gasteiger partial charge in [0.15, 0.2) is 0 Å². The van der Waals surface area contributed by atoms with Gasteiger partial charge in [-0.1, -0.05) is 102 Å². The van der Waals surface area contributed by atoms with Crippen LogP contribution in [0, 0.1) is 0 Å². The first-order valence-corrected chi connectivity index (χ1v) is 18.0. The third-order valence-corrected chi connectivity index (χ3v) is 9.86. The Morgan fingerprint density at radius 1 is 0.585 bits per heavy atom. The van der Waals surface area contributed by atoms with Crippen molar-refractivity contribution in [3.8, 4) is 0 Å². The van der Waals surface area contributed by atoms with Gasteiger partial charge in [-0.25, -0.2) is 0 Å². The highest BCUT2D eigenvalue weighted by Gasteiger charge is 2.25. The average molecular weight is 577 g/mol. The van der Waals surface area contributed by atoms with E-state index in [4.69, 9.17) is 0 Å². The van der Waals surface area contributed by atoms with Gasteiger partial charge in [-0.15, -0.1) is 0 Å². The van der Waals surface area contributed by atoms with Gasteiger partial charge in [-0.2, -0.15) is 0 Å². The van der Waals surface area contributed by atoms with E-state index in [9.17, 15) is 15.0 Å². The highest BCUT2D eigenvalue weighted by Crippen LogP contribution is 2.20. The minimum absolute atomic E-state index is 0.155. The SMILES string of the molecule is C[C@@H]1N[C@H](CCCCCCCCCCC/C=C(\C=O)CCCCCCCCCC[C@@H]2CC[C@H](O)[C@H](C)N2)CC[C@@H]1O. The van der Waals surface area contributed by atoms with E-state index in [2.05, 4.69) is 30.6 Å². The number of allylic oxidation sites excluding steroid dienone is 2. The molecule has 5 nitrogen and oxygen atoms in total. The fraction of sp³-hybridized carbons (Fsp3) is 0.917. The Bertz CT molecular complexity index is 669. The zero-order valence-electron chi connectivity index (χ0n) is 27.1. The van der Waals surface area contributed by atoms with Crippen LogP contribution in [0.2, 0.25) is 0 Å². The molecule has 0 bridgehead atoms. The molecule has 2 aliphatic rings. The van der Waals surface area contributed by atoms with Crippen LogP contribution in [0.5, 0.6) is 0 Å². The summed E-state index contributed by atoms with van der Waals surface area (Å²) < 4.78 is 0. The van der Waals surface area contributed by atoms with Gasteiger partial charge in [-0.05, 0) is 83.6 Å². The van der Waals surface area contributed by atoms with Crippen LogP contribution in [0.3, 0.4) is 0 Å². The number of nitrogens with one attached hydrogen (secondary N) is 2. The van der Waals surface area contributed by atoms with Crippen LogP contribution < -0.4 is 10.6 Å². The third kappa shape index (κ3) is 17.8. The number of piperidine rings is 2. The fourth-order valence-electron chi connectivity index (χ4n) is 6.88. The number of carbonyl (C=O) groups excluding carboxylic acids is 1. The molecule has 0 aromatic carbocycles. The molecule has 4 N–H and O–H groups in total. The van der Waals surface area contributed by atoms with Gasteiger partial charge in [0.05, 0.1) is 12.2 Å². The van der Waals surface area contributed by atoms with Crippen molar-refractivity contribution in [3.63, 3.8) is 0 Å². The van der Waals surface area contributed by atoms with E-state index in [0.29, 0.717) is 12.1 Å². The first kappa shape index (κ1) is 36.4. The Morgan fingerprint density at radius 3 is 1.39 bits per heavy atom. The molecule has 0 aromatic heterocycles. The van der Waals surface area contributed by atoms with Gasteiger partial charge in [0.2, 0.25) is 0 Å². The van der Waals surface area contributed by atoms with Crippen LogP contribution in [-0.2, 0) is 4.79 Å². The van der Waals surface area contributed by atoms with Gasteiger partial charge >= 0.3 is 0 Å². The van der Waals surface area contributed by atoms with Crippen molar-refractivity contribution in [2.24, 2.45) is 0 Å². The quantitative estimate of drug-likeness (QED) is 0.0528. The second kappa shape index (κ2) is 23.7. The average Bonchev–Trinajstić information content (AvgIpc) is 2.97. The molecular formula is C36H68N2O3. The van der Waals surface area contributed by atoms with Gasteiger partial charge in [0.25, 0.3) is 0 Å². The minimum Gasteiger partial charge on any atom is -0.392 e. The lowest BCUT2D eigenvalue weighted by Crippen LogP contribution is -2.48. The Labute approximate surface area is 254 Å². The molecule has 2 rings (SSSR count). The summed E-state index contributed by atoms with van der Waals surface area (Å²) in [6, 6.07) is 1.73. The van der Waals surface area contributed by atoms with E-state index < -0.39 is 0 Å². The van der Waals surface area contributed by atoms with E-state index in [0.717, 1.165) is 56.8 Å². The molecular weight excluding hydrogens is 508 g/mol. The summed E-state index contributed by atoms with van der Waals surface area (Å²) in [5.41, 5.74) is 1.03. The lowest BCUT2D eigenvalue weighted by Gasteiger charge is -2.32. The Kier molecular flexibility index (Phi) is 21.0. The number of aliphatic hydroxyl groups excluding tert-OH is 2. The minimum atomic E-state index is -0.160. The number of carbonyl (C=O) groups is 1. The third-order valence-electron chi connectivity index (χ3n) is 9.86. The van der Waals surface area contributed by atoms with E-state index >= 15 is 0 Å². The fourth-order valence-corrected chi connectivity index (χ4v) is 6.88. The van der Waals surface area contributed by atoms with E-state index in [1.165, 1.54) is 116 Å². The van der Waals surface area contributed by atoms with Gasteiger partial charge in [-0.3, -0.25) is 4.79 Å². The molecule has 6 atom stereocenters. The molecule has 2 heterocycles. The van der Waals surface area contributed by atoms with Crippen molar-refractivity contribution in [1.82, 2.24) is 10.6 Å². The molecule has 41 heavy (non-hydrogen) atoms. The van der Waals surface area contributed by atoms with Crippen molar-refractivity contribution >= 4 is 6.29 Å². The standard InChI is InChI=1S/C36H68N2O3/c1-30-35(40)27-25-33(37-30)23-19-15-11-6-4-3-5-9-13-17-21-32(29-39)22-18-14-10-7-8-12-16-20-24-34-26-28-36(41)31(2)38-34/h21,29-31,33-38,40-41H,3-20,22-28H2,1-2H3/b32-21-/t30-,31-,33+,34+,35-,36-/m0/s1. The molecule has 0 saturated carbocycles. The maximum absolute atomic E-state index is 11.5. The Morgan fingerprint density at radius 2 is 0.976 bits per heavy atom. The lowest BCUT2D eigenvalue weighted by atomic mass is 9.93. The van der Waals surface area contributed by atoms with Crippen molar-refractivity contribution in [1.29, 1.82) is 0 Å². The van der Waals surface area contributed by atoms with Gasteiger partial charge in [0.1, 0.15) is 6.29 Å². The topological polar surface area (TPSA) is 81.6 Å². The second-order valence-corrected chi connectivity index (χ2v) is 13.6. The maximum atomic E-state index is 11.5. The summed E-state index contributed by atoms with van der Waals surface area (Å²) in [5.74, 6) is 0. The molecule has 0 spiro atoms. The van der Waals surface area contributed by atoms with Crippen molar-refractivity contribution in [2.75, 3.05) is 0 Å².